The normalized spacial score (nSPS) is 15.7. The van der Waals surface area contributed by atoms with Gasteiger partial charge in [-0.25, -0.2) is 0 Å². The lowest BCUT2D eigenvalue weighted by Gasteiger charge is -2.34. The molecule has 0 atom stereocenters. The first kappa shape index (κ1) is 16.6. The fourth-order valence-corrected chi connectivity index (χ4v) is 3.04. The van der Waals surface area contributed by atoms with Gasteiger partial charge < -0.3 is 19.0 Å². The van der Waals surface area contributed by atoms with Crippen LogP contribution in [0.3, 0.4) is 0 Å². The van der Waals surface area contributed by atoms with E-state index >= 15 is 0 Å². The molecule has 1 amide bonds. The van der Waals surface area contributed by atoms with Crippen molar-refractivity contribution in [3.63, 3.8) is 0 Å². The molecule has 0 aliphatic carbocycles. The Hall–Kier alpha value is -2.27. The van der Waals surface area contributed by atoms with E-state index in [-0.39, 0.29) is 5.91 Å². The van der Waals surface area contributed by atoms with Crippen LogP contribution in [0.15, 0.2) is 47.1 Å². The van der Waals surface area contributed by atoms with Crippen LogP contribution in [0.5, 0.6) is 5.75 Å². The molecule has 1 aromatic carbocycles. The summed E-state index contributed by atoms with van der Waals surface area (Å²) >= 11 is 0. The molecule has 0 bridgehead atoms. The van der Waals surface area contributed by atoms with Crippen LogP contribution in [-0.2, 0) is 6.61 Å². The lowest BCUT2D eigenvalue weighted by molar-refractivity contribution is 0.0628. The molecule has 24 heavy (non-hydrogen) atoms. The lowest BCUT2D eigenvalue weighted by atomic mass is 10.0. The number of hydrogen-bond donors (Lipinski definition) is 0. The molecule has 0 saturated carbocycles. The van der Waals surface area contributed by atoms with Crippen molar-refractivity contribution in [3.05, 3.63) is 54.0 Å². The van der Waals surface area contributed by atoms with Crippen LogP contribution in [0.1, 0.15) is 29.0 Å². The largest absolute Gasteiger partial charge is 0.489 e. The fourth-order valence-electron chi connectivity index (χ4n) is 3.04. The average molecular weight is 328 g/mol. The number of hydrogen-bond acceptors (Lipinski definition) is 4. The maximum atomic E-state index is 12.7. The summed E-state index contributed by atoms with van der Waals surface area (Å²) in [7, 11) is 4.18. The van der Waals surface area contributed by atoms with Gasteiger partial charge in [-0.2, -0.15) is 0 Å². The molecule has 1 aliphatic heterocycles. The van der Waals surface area contributed by atoms with Crippen molar-refractivity contribution < 1.29 is 13.9 Å². The Bertz CT molecular complexity index is 658. The highest BCUT2D eigenvalue weighted by molar-refractivity contribution is 5.93. The predicted octanol–water partition coefficient (Wildman–Crippen LogP) is 3.02. The minimum absolute atomic E-state index is 0.0381. The molecule has 3 rings (SSSR count). The number of nitrogens with zero attached hydrogens (tertiary/aromatic N) is 2. The van der Waals surface area contributed by atoms with Crippen molar-refractivity contribution in [1.82, 2.24) is 9.80 Å². The monoisotopic (exact) mass is 328 g/mol. The highest BCUT2D eigenvalue weighted by Crippen LogP contribution is 2.20. The van der Waals surface area contributed by atoms with Gasteiger partial charge >= 0.3 is 0 Å². The SMILES string of the molecule is CN(C)C1CCN(C(=O)c2occc2COc2ccccc2)CC1. The Kier molecular flexibility index (Phi) is 5.20. The van der Waals surface area contributed by atoms with Gasteiger partial charge in [0.05, 0.1) is 6.26 Å². The number of carbonyl (C=O) groups is 1. The molecule has 0 radical (unpaired) electrons. The standard InChI is InChI=1S/C19H24N2O3/c1-20(2)16-8-11-21(12-9-16)19(22)18-15(10-13-23-18)14-24-17-6-4-3-5-7-17/h3-7,10,13,16H,8-9,11-12,14H2,1-2H3. The minimum atomic E-state index is -0.0381. The van der Waals surface area contributed by atoms with Crippen molar-refractivity contribution >= 4 is 5.91 Å². The number of rotatable bonds is 5. The number of ether oxygens (including phenoxy) is 1. The summed E-state index contributed by atoms with van der Waals surface area (Å²) < 4.78 is 11.2. The van der Waals surface area contributed by atoms with Crippen molar-refractivity contribution in [2.45, 2.75) is 25.5 Å². The van der Waals surface area contributed by atoms with Crippen LogP contribution in [0.4, 0.5) is 0 Å². The highest BCUT2D eigenvalue weighted by atomic mass is 16.5. The van der Waals surface area contributed by atoms with Crippen LogP contribution in [0.25, 0.3) is 0 Å². The van der Waals surface area contributed by atoms with Gasteiger partial charge in [0.2, 0.25) is 0 Å². The molecule has 1 fully saturated rings. The van der Waals surface area contributed by atoms with Crippen LogP contribution in [0, 0.1) is 0 Å². The number of furan rings is 1. The number of carbonyl (C=O) groups excluding carboxylic acids is 1. The third-order valence-electron chi connectivity index (χ3n) is 4.56. The molecule has 1 aromatic heterocycles. The molecular formula is C19H24N2O3. The molecule has 128 valence electrons. The van der Waals surface area contributed by atoms with Gasteiger partial charge in [-0.15, -0.1) is 0 Å². The van der Waals surface area contributed by atoms with E-state index in [1.807, 2.05) is 41.3 Å². The van der Waals surface area contributed by atoms with Gasteiger partial charge in [0.25, 0.3) is 5.91 Å². The van der Waals surface area contributed by atoms with Gasteiger partial charge in [-0.3, -0.25) is 4.79 Å². The zero-order valence-corrected chi connectivity index (χ0v) is 14.3. The molecular weight excluding hydrogens is 304 g/mol. The molecule has 1 aliphatic rings. The number of benzene rings is 1. The van der Waals surface area contributed by atoms with E-state index in [0.29, 0.717) is 18.4 Å². The summed E-state index contributed by atoms with van der Waals surface area (Å²) in [6, 6.07) is 11.9. The summed E-state index contributed by atoms with van der Waals surface area (Å²) in [4.78, 5) is 16.8. The lowest BCUT2D eigenvalue weighted by Crippen LogP contribution is -2.44. The average Bonchev–Trinajstić information content (AvgIpc) is 3.09. The number of amides is 1. The molecule has 1 saturated heterocycles. The summed E-state index contributed by atoms with van der Waals surface area (Å²) in [5.74, 6) is 1.14. The molecule has 0 unspecified atom stereocenters. The van der Waals surface area contributed by atoms with E-state index in [0.717, 1.165) is 37.2 Å². The highest BCUT2D eigenvalue weighted by Gasteiger charge is 2.27. The third kappa shape index (κ3) is 3.79. The van der Waals surface area contributed by atoms with E-state index in [4.69, 9.17) is 9.15 Å². The Morgan fingerprint density at radius 2 is 1.92 bits per heavy atom. The van der Waals surface area contributed by atoms with E-state index in [1.54, 1.807) is 6.26 Å². The summed E-state index contributed by atoms with van der Waals surface area (Å²) in [5.41, 5.74) is 0.790. The van der Waals surface area contributed by atoms with E-state index in [2.05, 4.69) is 19.0 Å². The first-order chi connectivity index (χ1) is 11.6. The predicted molar refractivity (Wildman–Crippen MR) is 92.1 cm³/mol. The molecule has 5 nitrogen and oxygen atoms in total. The quantitative estimate of drug-likeness (QED) is 0.846. The van der Waals surface area contributed by atoms with Gasteiger partial charge in [-0.1, -0.05) is 18.2 Å². The maximum Gasteiger partial charge on any atom is 0.289 e. The van der Waals surface area contributed by atoms with Crippen LogP contribution >= 0.6 is 0 Å². The number of likely N-dealkylation sites (tertiary alicyclic amines) is 1. The first-order valence-electron chi connectivity index (χ1n) is 8.35. The fraction of sp³-hybridized carbons (Fsp3) is 0.421. The topological polar surface area (TPSA) is 45.9 Å². The van der Waals surface area contributed by atoms with E-state index in [1.165, 1.54) is 0 Å². The maximum absolute atomic E-state index is 12.7. The van der Waals surface area contributed by atoms with Crippen LogP contribution < -0.4 is 4.74 Å². The Morgan fingerprint density at radius 3 is 2.58 bits per heavy atom. The molecule has 5 heteroatoms. The number of para-hydroxylation sites is 1. The number of piperidine rings is 1. The molecule has 2 heterocycles. The molecule has 2 aromatic rings. The van der Waals surface area contributed by atoms with Crippen molar-refractivity contribution in [1.29, 1.82) is 0 Å². The third-order valence-corrected chi connectivity index (χ3v) is 4.56. The molecule has 0 N–H and O–H groups in total. The Labute approximate surface area is 142 Å². The van der Waals surface area contributed by atoms with Gasteiger partial charge in [0.1, 0.15) is 12.4 Å². The second-order valence-electron chi connectivity index (χ2n) is 6.36. The van der Waals surface area contributed by atoms with E-state index in [9.17, 15) is 4.79 Å². The van der Waals surface area contributed by atoms with Gasteiger partial charge in [-0.05, 0) is 45.1 Å². The van der Waals surface area contributed by atoms with Gasteiger partial charge in [0, 0.05) is 24.7 Å². The van der Waals surface area contributed by atoms with Crippen molar-refractivity contribution in [3.8, 4) is 5.75 Å². The van der Waals surface area contributed by atoms with E-state index < -0.39 is 0 Å². The molecule has 0 spiro atoms. The minimum Gasteiger partial charge on any atom is -0.489 e. The smallest absolute Gasteiger partial charge is 0.289 e. The Morgan fingerprint density at radius 1 is 1.21 bits per heavy atom. The Balaban J connectivity index is 1.61. The van der Waals surface area contributed by atoms with Crippen LogP contribution in [0.2, 0.25) is 0 Å². The van der Waals surface area contributed by atoms with Crippen molar-refractivity contribution in [2.75, 3.05) is 27.2 Å². The van der Waals surface area contributed by atoms with Crippen molar-refractivity contribution in [2.24, 2.45) is 0 Å². The summed E-state index contributed by atoms with van der Waals surface area (Å²) in [5, 5.41) is 0. The van der Waals surface area contributed by atoms with Gasteiger partial charge in [0.15, 0.2) is 5.76 Å². The second kappa shape index (κ2) is 7.53. The zero-order chi connectivity index (χ0) is 16.9. The first-order valence-corrected chi connectivity index (χ1v) is 8.35. The summed E-state index contributed by atoms with van der Waals surface area (Å²) in [6.07, 6.45) is 3.55. The summed E-state index contributed by atoms with van der Waals surface area (Å²) in [6.45, 7) is 1.86. The second-order valence-corrected chi connectivity index (χ2v) is 6.36. The zero-order valence-electron chi connectivity index (χ0n) is 14.3. The van der Waals surface area contributed by atoms with Crippen LogP contribution in [-0.4, -0.2) is 48.9 Å².